The van der Waals surface area contributed by atoms with Crippen molar-refractivity contribution in [3.8, 4) is 0 Å². The van der Waals surface area contributed by atoms with Crippen molar-refractivity contribution in [2.45, 2.75) is 38.3 Å². The average molecular weight is 302 g/mol. The number of Topliss-reactive ketones (excluding diaryl/α,β-unsaturated/α-hetero) is 1. The average Bonchev–Trinajstić information content (AvgIpc) is 2.47. The Kier molecular flexibility index (Phi) is 5.00. The van der Waals surface area contributed by atoms with Crippen LogP contribution in [0.3, 0.4) is 0 Å². The van der Waals surface area contributed by atoms with E-state index in [0.717, 1.165) is 0 Å². The van der Waals surface area contributed by atoms with Gasteiger partial charge in [-0.1, -0.05) is 30.3 Å². The van der Waals surface area contributed by atoms with E-state index < -0.39 is 24.5 Å². The SMILES string of the molecule is CC(OC1CC(C(F)(F)F)CCO1)C(=O)c1ccccc1. The second-order valence-corrected chi connectivity index (χ2v) is 5.07. The summed E-state index contributed by atoms with van der Waals surface area (Å²) in [4.78, 5) is 12.1. The van der Waals surface area contributed by atoms with Gasteiger partial charge in [0.15, 0.2) is 12.1 Å². The molecule has 0 aliphatic carbocycles. The van der Waals surface area contributed by atoms with E-state index in [-0.39, 0.29) is 25.2 Å². The van der Waals surface area contributed by atoms with Crippen LogP contribution in [0.2, 0.25) is 0 Å². The number of carbonyl (C=O) groups is 1. The Morgan fingerprint density at radius 3 is 2.62 bits per heavy atom. The number of hydrogen-bond acceptors (Lipinski definition) is 3. The summed E-state index contributed by atoms with van der Waals surface area (Å²) in [6, 6.07) is 8.50. The summed E-state index contributed by atoms with van der Waals surface area (Å²) < 4.78 is 48.6. The van der Waals surface area contributed by atoms with Gasteiger partial charge in [0.05, 0.1) is 12.5 Å². The Morgan fingerprint density at radius 1 is 1.33 bits per heavy atom. The smallest absolute Gasteiger partial charge is 0.353 e. The van der Waals surface area contributed by atoms with Gasteiger partial charge in [0.2, 0.25) is 0 Å². The standard InChI is InChI=1S/C15H17F3O3/c1-10(14(19)11-5-3-2-4-6-11)21-13-9-12(7-8-20-13)15(16,17)18/h2-6,10,12-13H,7-9H2,1H3. The molecule has 3 nitrogen and oxygen atoms in total. The first-order valence-electron chi connectivity index (χ1n) is 6.81. The lowest BCUT2D eigenvalue weighted by molar-refractivity contribution is -0.245. The number of ketones is 1. The van der Waals surface area contributed by atoms with E-state index >= 15 is 0 Å². The molecule has 6 heteroatoms. The van der Waals surface area contributed by atoms with Crippen LogP contribution in [-0.4, -0.2) is 31.0 Å². The van der Waals surface area contributed by atoms with E-state index in [0.29, 0.717) is 5.56 Å². The molecule has 0 saturated carbocycles. The van der Waals surface area contributed by atoms with E-state index in [1.54, 1.807) is 30.3 Å². The Labute approximate surface area is 121 Å². The fourth-order valence-electron chi connectivity index (χ4n) is 2.28. The highest BCUT2D eigenvalue weighted by molar-refractivity contribution is 5.99. The minimum absolute atomic E-state index is 0.0128. The van der Waals surface area contributed by atoms with E-state index in [4.69, 9.17) is 9.47 Å². The molecule has 1 fully saturated rings. The zero-order valence-corrected chi connectivity index (χ0v) is 11.6. The van der Waals surface area contributed by atoms with Crippen molar-refractivity contribution < 1.29 is 27.4 Å². The number of hydrogen-bond donors (Lipinski definition) is 0. The van der Waals surface area contributed by atoms with Crippen molar-refractivity contribution in [1.29, 1.82) is 0 Å². The lowest BCUT2D eigenvalue weighted by Crippen LogP contribution is -2.38. The van der Waals surface area contributed by atoms with Gasteiger partial charge in [-0.15, -0.1) is 0 Å². The highest BCUT2D eigenvalue weighted by atomic mass is 19.4. The van der Waals surface area contributed by atoms with Crippen molar-refractivity contribution in [3.63, 3.8) is 0 Å². The number of halogens is 3. The normalized spacial score (nSPS) is 24.6. The van der Waals surface area contributed by atoms with Gasteiger partial charge in [-0.2, -0.15) is 13.2 Å². The van der Waals surface area contributed by atoms with Crippen LogP contribution in [0.4, 0.5) is 13.2 Å². The van der Waals surface area contributed by atoms with Gasteiger partial charge in [-0.3, -0.25) is 4.79 Å². The maximum Gasteiger partial charge on any atom is 0.392 e. The Bertz CT molecular complexity index is 473. The van der Waals surface area contributed by atoms with Crippen molar-refractivity contribution in [1.82, 2.24) is 0 Å². The molecule has 0 amide bonds. The molecular formula is C15H17F3O3. The zero-order chi connectivity index (χ0) is 15.5. The fourth-order valence-corrected chi connectivity index (χ4v) is 2.28. The van der Waals surface area contributed by atoms with Gasteiger partial charge < -0.3 is 9.47 Å². The third-order valence-electron chi connectivity index (χ3n) is 3.49. The number of carbonyl (C=O) groups excluding carboxylic acids is 1. The third-order valence-corrected chi connectivity index (χ3v) is 3.49. The first-order chi connectivity index (χ1) is 9.88. The lowest BCUT2D eigenvalue weighted by Gasteiger charge is -2.31. The molecule has 116 valence electrons. The molecule has 1 aromatic rings. The first kappa shape index (κ1) is 16.0. The minimum atomic E-state index is -4.25. The molecule has 0 spiro atoms. The number of benzene rings is 1. The molecule has 0 radical (unpaired) electrons. The first-order valence-corrected chi connectivity index (χ1v) is 6.81. The molecule has 2 rings (SSSR count). The number of alkyl halides is 3. The molecule has 21 heavy (non-hydrogen) atoms. The largest absolute Gasteiger partial charge is 0.392 e. The molecule has 1 saturated heterocycles. The molecule has 1 aromatic carbocycles. The van der Waals surface area contributed by atoms with Crippen molar-refractivity contribution in [3.05, 3.63) is 35.9 Å². The quantitative estimate of drug-likeness (QED) is 0.797. The van der Waals surface area contributed by atoms with Gasteiger partial charge >= 0.3 is 6.18 Å². The van der Waals surface area contributed by atoms with Crippen LogP contribution in [0, 0.1) is 5.92 Å². The lowest BCUT2D eigenvalue weighted by atomic mass is 9.98. The maximum atomic E-state index is 12.7. The molecule has 1 heterocycles. The van der Waals surface area contributed by atoms with E-state index in [2.05, 4.69) is 0 Å². The highest BCUT2D eigenvalue weighted by Crippen LogP contribution is 2.36. The third kappa shape index (κ3) is 4.28. The summed E-state index contributed by atoms with van der Waals surface area (Å²) in [5.74, 6) is -1.70. The summed E-state index contributed by atoms with van der Waals surface area (Å²) >= 11 is 0. The van der Waals surface area contributed by atoms with E-state index in [1.807, 2.05) is 0 Å². The molecule has 0 aromatic heterocycles. The summed E-state index contributed by atoms with van der Waals surface area (Å²) in [6.07, 6.45) is -6.42. The van der Waals surface area contributed by atoms with Gasteiger partial charge in [0.25, 0.3) is 0 Å². The van der Waals surface area contributed by atoms with Crippen molar-refractivity contribution in [2.24, 2.45) is 5.92 Å². The zero-order valence-electron chi connectivity index (χ0n) is 11.6. The van der Waals surface area contributed by atoms with Crippen LogP contribution < -0.4 is 0 Å². The molecule has 0 N–H and O–H groups in total. The van der Waals surface area contributed by atoms with Crippen molar-refractivity contribution in [2.75, 3.05) is 6.61 Å². The van der Waals surface area contributed by atoms with Gasteiger partial charge in [0, 0.05) is 12.0 Å². The second-order valence-electron chi connectivity index (χ2n) is 5.07. The fraction of sp³-hybridized carbons (Fsp3) is 0.533. The topological polar surface area (TPSA) is 35.5 Å². The summed E-state index contributed by atoms with van der Waals surface area (Å²) in [5, 5.41) is 0. The van der Waals surface area contributed by atoms with Crippen LogP contribution in [0.25, 0.3) is 0 Å². The number of ether oxygens (including phenoxy) is 2. The highest BCUT2D eigenvalue weighted by Gasteiger charge is 2.43. The Morgan fingerprint density at radius 2 is 2.00 bits per heavy atom. The maximum absolute atomic E-state index is 12.7. The van der Waals surface area contributed by atoms with Gasteiger partial charge in [0.1, 0.15) is 6.10 Å². The van der Waals surface area contributed by atoms with E-state index in [9.17, 15) is 18.0 Å². The number of rotatable bonds is 4. The molecule has 3 unspecified atom stereocenters. The van der Waals surface area contributed by atoms with Crippen LogP contribution >= 0.6 is 0 Å². The van der Waals surface area contributed by atoms with E-state index in [1.165, 1.54) is 6.92 Å². The van der Waals surface area contributed by atoms with Crippen LogP contribution in [-0.2, 0) is 9.47 Å². The molecule has 0 bridgehead atoms. The summed E-state index contributed by atoms with van der Waals surface area (Å²) in [5.41, 5.74) is 0.466. The molecule has 1 aliphatic rings. The van der Waals surface area contributed by atoms with Crippen molar-refractivity contribution >= 4 is 5.78 Å². The summed E-state index contributed by atoms with van der Waals surface area (Å²) in [7, 11) is 0. The van der Waals surface area contributed by atoms with Crippen LogP contribution in [0.15, 0.2) is 30.3 Å². The van der Waals surface area contributed by atoms with Crippen LogP contribution in [0.1, 0.15) is 30.1 Å². The Balaban J connectivity index is 1.93. The molecular weight excluding hydrogens is 285 g/mol. The minimum Gasteiger partial charge on any atom is -0.353 e. The predicted octanol–water partition coefficient (Wildman–Crippen LogP) is 3.59. The Hall–Kier alpha value is -1.40. The monoisotopic (exact) mass is 302 g/mol. The van der Waals surface area contributed by atoms with Crippen LogP contribution in [0.5, 0.6) is 0 Å². The second kappa shape index (κ2) is 6.58. The van der Waals surface area contributed by atoms with Gasteiger partial charge in [-0.25, -0.2) is 0 Å². The predicted molar refractivity (Wildman–Crippen MR) is 69.8 cm³/mol. The molecule has 1 aliphatic heterocycles. The molecule has 3 atom stereocenters. The summed E-state index contributed by atoms with van der Waals surface area (Å²) in [6.45, 7) is 1.51. The van der Waals surface area contributed by atoms with Gasteiger partial charge in [-0.05, 0) is 13.3 Å².